The van der Waals surface area contributed by atoms with Crippen LogP contribution < -0.4 is 4.90 Å². The van der Waals surface area contributed by atoms with E-state index in [9.17, 15) is 18.0 Å². The molecule has 0 saturated carbocycles. The number of thioether (sulfide) groups is 1. The van der Waals surface area contributed by atoms with Gasteiger partial charge in [-0.25, -0.2) is 13.2 Å². The Morgan fingerprint density at radius 2 is 1.86 bits per heavy atom. The van der Waals surface area contributed by atoms with E-state index in [1.807, 2.05) is 4.90 Å². The predicted molar refractivity (Wildman–Crippen MR) is 109 cm³/mol. The number of benzene rings is 2. The molecule has 0 bridgehead atoms. The largest absolute Gasteiger partial charge is 0.323 e. The first-order chi connectivity index (χ1) is 13.8. The predicted octanol–water partition coefficient (Wildman–Crippen LogP) is 3.42. The summed E-state index contributed by atoms with van der Waals surface area (Å²) in [6, 6.07) is 10.2. The van der Waals surface area contributed by atoms with Crippen LogP contribution in [-0.4, -0.2) is 36.2 Å². The van der Waals surface area contributed by atoms with E-state index >= 15 is 0 Å². The number of rotatable bonds is 7. The third kappa shape index (κ3) is 5.76. The zero-order chi connectivity index (χ0) is 21.0. The summed E-state index contributed by atoms with van der Waals surface area (Å²) < 4.78 is 40.0. The summed E-state index contributed by atoms with van der Waals surface area (Å²) in [5.41, 5.74) is 1.58. The quantitative estimate of drug-likeness (QED) is 0.738. The van der Waals surface area contributed by atoms with Gasteiger partial charge in [-0.1, -0.05) is 32.0 Å². The Balaban J connectivity index is 1.71. The summed E-state index contributed by atoms with van der Waals surface area (Å²) in [7, 11) is 0. The van der Waals surface area contributed by atoms with Gasteiger partial charge in [-0.05, 0) is 29.8 Å². The Morgan fingerprint density at radius 3 is 2.52 bits per heavy atom. The summed E-state index contributed by atoms with van der Waals surface area (Å²) in [5.74, 6) is -0.840. The Labute approximate surface area is 173 Å². The molecule has 1 aliphatic rings. The second-order valence-corrected chi connectivity index (χ2v) is 9.00. The maximum Gasteiger partial charge on any atom is 0.278 e. The number of hydrogen-bond acceptors (Lipinski definition) is 2. The number of nitrogens with one attached hydrogen (secondary N) is 1. The number of amides is 1. The molecule has 2 atom stereocenters. The minimum atomic E-state index is -0.870. The molecule has 2 aromatic rings. The van der Waals surface area contributed by atoms with Crippen molar-refractivity contribution < 1.29 is 22.9 Å². The number of quaternary nitrogens is 1. The van der Waals surface area contributed by atoms with Gasteiger partial charge in [-0.3, -0.25) is 4.79 Å². The van der Waals surface area contributed by atoms with Crippen molar-refractivity contribution in [2.75, 3.05) is 25.4 Å². The van der Waals surface area contributed by atoms with E-state index < -0.39 is 11.6 Å². The zero-order valence-corrected chi connectivity index (χ0v) is 17.4. The third-order valence-electron chi connectivity index (χ3n) is 4.90. The van der Waals surface area contributed by atoms with Gasteiger partial charge in [0.15, 0.2) is 18.2 Å². The molecule has 1 N–H and O–H groups in total. The fourth-order valence-electron chi connectivity index (χ4n) is 3.67. The smallest absolute Gasteiger partial charge is 0.278 e. The second-order valence-electron chi connectivity index (χ2n) is 7.81. The minimum Gasteiger partial charge on any atom is -0.323 e. The molecule has 7 heteroatoms. The van der Waals surface area contributed by atoms with Crippen LogP contribution in [-0.2, 0) is 11.3 Å². The molecule has 3 nitrogen and oxygen atoms in total. The molecule has 156 valence electrons. The van der Waals surface area contributed by atoms with E-state index in [-0.39, 0.29) is 23.6 Å². The van der Waals surface area contributed by atoms with Crippen LogP contribution in [0.3, 0.4) is 0 Å². The van der Waals surface area contributed by atoms with Crippen molar-refractivity contribution >= 4 is 17.7 Å². The number of nitrogens with zero attached hydrogens (tertiary/aromatic N) is 1. The lowest BCUT2D eigenvalue weighted by Crippen LogP contribution is -3.12. The summed E-state index contributed by atoms with van der Waals surface area (Å²) in [6.07, 6.45) is 0. The number of carbonyl (C=O) groups excluding carboxylic acids is 1. The Kier molecular flexibility index (Phi) is 7.24. The van der Waals surface area contributed by atoms with Crippen LogP contribution in [0.15, 0.2) is 42.5 Å². The first-order valence-electron chi connectivity index (χ1n) is 9.77. The van der Waals surface area contributed by atoms with Crippen molar-refractivity contribution in [3.8, 4) is 0 Å². The lowest BCUT2D eigenvalue weighted by molar-refractivity contribution is -0.909. The summed E-state index contributed by atoms with van der Waals surface area (Å²) in [6.45, 7) is 6.25. The van der Waals surface area contributed by atoms with Crippen molar-refractivity contribution in [1.82, 2.24) is 4.90 Å². The van der Waals surface area contributed by atoms with E-state index in [1.165, 1.54) is 18.2 Å². The molecular formula is C22H26F3N2OS+. The van der Waals surface area contributed by atoms with Gasteiger partial charge in [-0.15, -0.1) is 11.8 Å². The highest BCUT2D eigenvalue weighted by Crippen LogP contribution is 2.37. The minimum absolute atomic E-state index is 0.0163. The van der Waals surface area contributed by atoms with E-state index in [0.29, 0.717) is 24.6 Å². The van der Waals surface area contributed by atoms with Crippen LogP contribution in [0, 0.1) is 23.4 Å². The van der Waals surface area contributed by atoms with Crippen molar-refractivity contribution in [3.05, 3.63) is 71.0 Å². The monoisotopic (exact) mass is 423 g/mol. The molecule has 0 aromatic heterocycles. The number of halogens is 3. The Hall–Kier alpha value is -1.99. The van der Waals surface area contributed by atoms with Crippen LogP contribution in [0.2, 0.25) is 0 Å². The van der Waals surface area contributed by atoms with Gasteiger partial charge in [-0.2, -0.15) is 0 Å². The molecule has 1 amide bonds. The molecule has 0 radical (unpaired) electrons. The van der Waals surface area contributed by atoms with Gasteiger partial charge in [0.05, 0.1) is 6.54 Å². The fraction of sp³-hybridized carbons (Fsp3) is 0.409. The van der Waals surface area contributed by atoms with Gasteiger partial charge >= 0.3 is 0 Å². The third-order valence-corrected chi connectivity index (χ3v) is 6.16. The maximum atomic E-state index is 13.6. The summed E-state index contributed by atoms with van der Waals surface area (Å²) in [4.78, 5) is 15.9. The van der Waals surface area contributed by atoms with Gasteiger partial charge in [0.2, 0.25) is 0 Å². The fourth-order valence-corrected chi connectivity index (χ4v) is 4.94. The number of carbonyl (C=O) groups is 1. The van der Waals surface area contributed by atoms with E-state index in [0.717, 1.165) is 28.8 Å². The molecule has 2 aromatic carbocycles. The highest BCUT2D eigenvalue weighted by atomic mass is 32.2. The van der Waals surface area contributed by atoms with Crippen LogP contribution in [0.1, 0.15) is 30.3 Å². The molecule has 3 rings (SSSR count). The molecule has 1 heterocycles. The Morgan fingerprint density at radius 1 is 1.14 bits per heavy atom. The van der Waals surface area contributed by atoms with Gasteiger partial charge < -0.3 is 9.80 Å². The van der Waals surface area contributed by atoms with E-state index in [2.05, 4.69) is 13.8 Å². The van der Waals surface area contributed by atoms with Crippen molar-refractivity contribution in [2.45, 2.75) is 25.8 Å². The molecule has 0 spiro atoms. The van der Waals surface area contributed by atoms with Crippen LogP contribution in [0.25, 0.3) is 0 Å². The number of hydrogen-bond donors (Lipinski definition) is 1. The van der Waals surface area contributed by atoms with E-state index in [1.54, 1.807) is 30.0 Å². The van der Waals surface area contributed by atoms with Crippen LogP contribution >= 0.6 is 11.8 Å². The first-order valence-corrected chi connectivity index (χ1v) is 10.8. The van der Waals surface area contributed by atoms with Crippen molar-refractivity contribution in [1.29, 1.82) is 0 Å². The highest BCUT2D eigenvalue weighted by Gasteiger charge is 2.32. The SMILES string of the molecule is CC(C)C[NH+](CC(=O)N1CCS[C@H]1c1ccc(F)cc1)Cc1ccc(F)c(F)c1. The molecule has 1 aliphatic heterocycles. The molecule has 1 fully saturated rings. The highest BCUT2D eigenvalue weighted by molar-refractivity contribution is 7.99. The van der Waals surface area contributed by atoms with Gasteiger partial charge in [0.1, 0.15) is 17.7 Å². The lowest BCUT2D eigenvalue weighted by atomic mass is 10.1. The van der Waals surface area contributed by atoms with Gasteiger partial charge in [0.25, 0.3) is 5.91 Å². The molecule has 0 aliphatic carbocycles. The van der Waals surface area contributed by atoms with Gasteiger partial charge in [0, 0.05) is 23.8 Å². The summed E-state index contributed by atoms with van der Waals surface area (Å²) in [5, 5.41) is -0.119. The molecular weight excluding hydrogens is 397 g/mol. The first kappa shape index (κ1) is 21.7. The van der Waals surface area contributed by atoms with Crippen molar-refractivity contribution in [2.24, 2.45) is 5.92 Å². The average Bonchev–Trinajstić information content (AvgIpc) is 3.15. The molecule has 29 heavy (non-hydrogen) atoms. The molecule has 1 unspecified atom stereocenters. The average molecular weight is 424 g/mol. The Bertz CT molecular complexity index is 844. The molecule has 1 saturated heterocycles. The second kappa shape index (κ2) is 9.67. The van der Waals surface area contributed by atoms with Crippen LogP contribution in [0.5, 0.6) is 0 Å². The lowest BCUT2D eigenvalue weighted by Gasteiger charge is -2.27. The summed E-state index contributed by atoms with van der Waals surface area (Å²) >= 11 is 1.67. The maximum absolute atomic E-state index is 13.6. The standard InChI is InChI=1S/C22H25F3N2OS/c1-15(2)12-26(13-16-3-8-19(24)20(25)11-16)14-21(28)27-9-10-29-22(27)17-4-6-18(23)7-5-17/h3-8,11,15,22H,9-10,12-14H2,1-2H3/p+1/t22-/m0/s1. The topological polar surface area (TPSA) is 24.8 Å². The van der Waals surface area contributed by atoms with Crippen LogP contribution in [0.4, 0.5) is 13.2 Å². The normalized spacial score (nSPS) is 17.7. The van der Waals surface area contributed by atoms with Crippen molar-refractivity contribution in [3.63, 3.8) is 0 Å². The van der Waals surface area contributed by atoms with E-state index in [4.69, 9.17) is 0 Å². The zero-order valence-electron chi connectivity index (χ0n) is 16.6.